The van der Waals surface area contributed by atoms with Crippen LogP contribution in [0, 0.1) is 0 Å². The van der Waals surface area contributed by atoms with E-state index in [0.29, 0.717) is 28.8 Å². The largest absolute Gasteiger partial charge is 0.465 e. The van der Waals surface area contributed by atoms with E-state index in [2.05, 4.69) is 16.0 Å². The zero-order chi connectivity index (χ0) is 20.8. The van der Waals surface area contributed by atoms with E-state index < -0.39 is 11.5 Å². The van der Waals surface area contributed by atoms with Gasteiger partial charge in [0, 0.05) is 31.2 Å². The first kappa shape index (κ1) is 19.9. The number of hydrogen-bond donors (Lipinski definition) is 3. The Morgan fingerprint density at radius 3 is 2.41 bits per heavy atom. The van der Waals surface area contributed by atoms with Gasteiger partial charge in [0.05, 0.1) is 18.3 Å². The van der Waals surface area contributed by atoms with Gasteiger partial charge in [-0.3, -0.25) is 4.79 Å². The quantitative estimate of drug-likeness (QED) is 0.441. The number of methoxy groups -OCH3 is 1. The number of ether oxygens (including phenoxy) is 1. The second-order valence-corrected chi connectivity index (χ2v) is 6.30. The van der Waals surface area contributed by atoms with Crippen LogP contribution in [-0.4, -0.2) is 36.8 Å². The molecule has 0 aliphatic heterocycles. The molecule has 0 fully saturated rings. The van der Waals surface area contributed by atoms with Crippen molar-refractivity contribution < 1.29 is 14.3 Å². The highest BCUT2D eigenvalue weighted by molar-refractivity contribution is 6.05. The van der Waals surface area contributed by atoms with E-state index in [9.17, 15) is 14.4 Å². The maximum atomic E-state index is 12.7. The van der Waals surface area contributed by atoms with Crippen molar-refractivity contribution in [3.63, 3.8) is 0 Å². The first-order valence-electron chi connectivity index (χ1n) is 9.06. The molecule has 29 heavy (non-hydrogen) atoms. The number of carbonyl (C=O) groups is 2. The van der Waals surface area contributed by atoms with Gasteiger partial charge in [-0.25, -0.2) is 9.59 Å². The van der Waals surface area contributed by atoms with Crippen LogP contribution in [0.4, 0.5) is 16.2 Å². The van der Waals surface area contributed by atoms with Gasteiger partial charge in [-0.05, 0) is 18.2 Å². The number of hydrogen-bond acceptors (Lipinski definition) is 5. The number of amides is 2. The molecular weight excluding hydrogens is 372 g/mol. The number of aromatic nitrogens is 1. The molecule has 2 amide bonds. The third kappa shape index (κ3) is 4.37. The molecule has 8 nitrogen and oxygen atoms in total. The standard InChI is InChI=1S/C21H22N4O4/c1-25-16-11-7-6-10-15(16)18(17(19(25)26)20(27)29-2)22-12-13-23-21(28)24-14-8-4-3-5-9-14/h3-11,22H,12-13H2,1-2H3,(H2,23,24,28). The summed E-state index contributed by atoms with van der Waals surface area (Å²) in [7, 11) is 2.84. The Morgan fingerprint density at radius 1 is 1.00 bits per heavy atom. The molecule has 1 heterocycles. The number of para-hydroxylation sites is 2. The SMILES string of the molecule is COC(=O)c1c(NCCNC(=O)Nc2ccccc2)c2ccccc2n(C)c1=O. The molecule has 0 radical (unpaired) electrons. The average molecular weight is 394 g/mol. The number of carbonyl (C=O) groups excluding carboxylic acids is 2. The second kappa shape index (κ2) is 8.92. The summed E-state index contributed by atoms with van der Waals surface area (Å²) in [5, 5.41) is 9.26. The minimum atomic E-state index is -0.714. The summed E-state index contributed by atoms with van der Waals surface area (Å²) >= 11 is 0. The van der Waals surface area contributed by atoms with Gasteiger partial charge in [-0.15, -0.1) is 0 Å². The molecule has 150 valence electrons. The van der Waals surface area contributed by atoms with Crippen molar-refractivity contribution in [1.29, 1.82) is 0 Å². The molecule has 2 aromatic carbocycles. The fraction of sp³-hybridized carbons (Fsp3) is 0.190. The van der Waals surface area contributed by atoms with Gasteiger partial charge in [0.15, 0.2) is 0 Å². The number of benzene rings is 2. The monoisotopic (exact) mass is 394 g/mol. The van der Waals surface area contributed by atoms with E-state index in [4.69, 9.17) is 4.74 Å². The highest BCUT2D eigenvalue weighted by atomic mass is 16.5. The number of fused-ring (bicyclic) bond motifs is 1. The van der Waals surface area contributed by atoms with Gasteiger partial charge in [0.1, 0.15) is 5.56 Å². The third-order valence-electron chi connectivity index (χ3n) is 4.44. The number of anilines is 2. The molecule has 0 bridgehead atoms. The van der Waals surface area contributed by atoms with Crippen LogP contribution in [0.15, 0.2) is 59.4 Å². The number of esters is 1. The van der Waals surface area contributed by atoms with Crippen LogP contribution in [0.25, 0.3) is 10.9 Å². The second-order valence-electron chi connectivity index (χ2n) is 6.30. The zero-order valence-corrected chi connectivity index (χ0v) is 16.2. The number of nitrogens with one attached hydrogen (secondary N) is 3. The van der Waals surface area contributed by atoms with Gasteiger partial charge < -0.3 is 25.3 Å². The van der Waals surface area contributed by atoms with E-state index in [0.717, 1.165) is 0 Å². The van der Waals surface area contributed by atoms with E-state index in [1.807, 2.05) is 36.4 Å². The lowest BCUT2D eigenvalue weighted by molar-refractivity contribution is 0.0599. The molecule has 0 atom stereocenters. The van der Waals surface area contributed by atoms with Crippen molar-refractivity contribution in [2.45, 2.75) is 0 Å². The summed E-state index contributed by atoms with van der Waals surface area (Å²) in [4.78, 5) is 36.9. The molecule has 0 spiro atoms. The van der Waals surface area contributed by atoms with Crippen LogP contribution in [-0.2, 0) is 11.8 Å². The van der Waals surface area contributed by atoms with Gasteiger partial charge in [0.25, 0.3) is 5.56 Å². The molecule has 3 aromatic rings. The molecule has 3 rings (SSSR count). The fourth-order valence-corrected chi connectivity index (χ4v) is 3.03. The Hall–Kier alpha value is -3.81. The lowest BCUT2D eigenvalue weighted by atomic mass is 10.1. The number of aryl methyl sites for hydroxylation is 1. The van der Waals surface area contributed by atoms with Crippen LogP contribution >= 0.6 is 0 Å². The molecular formula is C21H22N4O4. The van der Waals surface area contributed by atoms with E-state index in [1.54, 1.807) is 25.2 Å². The summed E-state index contributed by atoms with van der Waals surface area (Å²) in [6.45, 7) is 0.589. The number of urea groups is 1. The van der Waals surface area contributed by atoms with Gasteiger partial charge in [0.2, 0.25) is 0 Å². The van der Waals surface area contributed by atoms with Crippen LogP contribution in [0.1, 0.15) is 10.4 Å². The highest BCUT2D eigenvalue weighted by Crippen LogP contribution is 2.25. The van der Waals surface area contributed by atoms with Gasteiger partial charge >= 0.3 is 12.0 Å². The minimum absolute atomic E-state index is 0.0672. The predicted octanol–water partition coefficient (Wildman–Crippen LogP) is 2.56. The lowest BCUT2D eigenvalue weighted by Crippen LogP contribution is -2.33. The Morgan fingerprint density at radius 2 is 1.69 bits per heavy atom. The summed E-state index contributed by atoms with van der Waals surface area (Å²) in [5.74, 6) is -0.714. The highest BCUT2D eigenvalue weighted by Gasteiger charge is 2.21. The molecule has 0 aliphatic carbocycles. The van der Waals surface area contributed by atoms with Crippen molar-refractivity contribution in [2.75, 3.05) is 30.8 Å². The van der Waals surface area contributed by atoms with Crippen LogP contribution in [0.3, 0.4) is 0 Å². The first-order chi connectivity index (χ1) is 14.0. The van der Waals surface area contributed by atoms with E-state index >= 15 is 0 Å². The predicted molar refractivity (Wildman–Crippen MR) is 112 cm³/mol. The van der Waals surface area contributed by atoms with Crippen LogP contribution < -0.4 is 21.5 Å². The molecule has 0 saturated heterocycles. The number of pyridine rings is 1. The Balaban J connectivity index is 1.75. The fourth-order valence-electron chi connectivity index (χ4n) is 3.03. The molecule has 3 N–H and O–H groups in total. The Kier molecular flexibility index (Phi) is 6.13. The molecule has 8 heteroatoms. The summed E-state index contributed by atoms with van der Waals surface area (Å²) < 4.78 is 6.22. The third-order valence-corrected chi connectivity index (χ3v) is 4.44. The normalized spacial score (nSPS) is 10.4. The maximum Gasteiger partial charge on any atom is 0.345 e. The maximum absolute atomic E-state index is 12.7. The average Bonchev–Trinajstić information content (AvgIpc) is 2.74. The van der Waals surface area contributed by atoms with Crippen molar-refractivity contribution in [2.24, 2.45) is 7.05 Å². The van der Waals surface area contributed by atoms with Crippen molar-refractivity contribution in [3.05, 3.63) is 70.5 Å². The summed E-state index contributed by atoms with van der Waals surface area (Å²) in [6.07, 6.45) is 0. The first-order valence-corrected chi connectivity index (χ1v) is 9.06. The summed E-state index contributed by atoms with van der Waals surface area (Å²) in [6, 6.07) is 16.0. The van der Waals surface area contributed by atoms with Gasteiger partial charge in [-0.2, -0.15) is 0 Å². The Labute approximate surface area is 167 Å². The minimum Gasteiger partial charge on any atom is -0.465 e. The van der Waals surface area contributed by atoms with E-state index in [-0.39, 0.29) is 18.1 Å². The topological polar surface area (TPSA) is 101 Å². The number of nitrogens with zero attached hydrogens (tertiary/aromatic N) is 1. The zero-order valence-electron chi connectivity index (χ0n) is 16.2. The van der Waals surface area contributed by atoms with Crippen molar-refractivity contribution >= 4 is 34.3 Å². The smallest absolute Gasteiger partial charge is 0.345 e. The van der Waals surface area contributed by atoms with Crippen molar-refractivity contribution in [3.8, 4) is 0 Å². The Bertz CT molecular complexity index is 1090. The number of rotatable bonds is 6. The summed E-state index contributed by atoms with van der Waals surface area (Å²) in [5.41, 5.74) is 1.24. The van der Waals surface area contributed by atoms with Crippen LogP contribution in [0.2, 0.25) is 0 Å². The molecule has 0 unspecified atom stereocenters. The lowest BCUT2D eigenvalue weighted by Gasteiger charge is -2.16. The van der Waals surface area contributed by atoms with Gasteiger partial charge in [-0.1, -0.05) is 36.4 Å². The molecule has 0 saturated carbocycles. The molecule has 0 aliphatic rings. The van der Waals surface area contributed by atoms with Crippen LogP contribution in [0.5, 0.6) is 0 Å². The molecule has 1 aromatic heterocycles. The van der Waals surface area contributed by atoms with Crippen molar-refractivity contribution in [1.82, 2.24) is 9.88 Å². The van der Waals surface area contributed by atoms with E-state index in [1.165, 1.54) is 11.7 Å².